The predicted octanol–water partition coefficient (Wildman–Crippen LogP) is 3.51. The van der Waals surface area contributed by atoms with E-state index in [1.165, 1.54) is 0 Å². The van der Waals surface area contributed by atoms with Crippen LogP contribution in [-0.2, 0) is 13.0 Å². The van der Waals surface area contributed by atoms with E-state index in [1.54, 1.807) is 11.3 Å². The lowest BCUT2D eigenvalue weighted by atomic mass is 10.0. The third-order valence-corrected chi connectivity index (χ3v) is 4.46. The summed E-state index contributed by atoms with van der Waals surface area (Å²) in [7, 11) is 0. The second-order valence-corrected chi connectivity index (χ2v) is 5.51. The molecular formula is C13H17ClN2OS. The molecule has 0 fully saturated rings. The maximum atomic E-state index is 10.3. The van der Waals surface area contributed by atoms with Crippen molar-refractivity contribution in [1.82, 2.24) is 9.78 Å². The molecule has 1 atom stereocenters. The Labute approximate surface area is 116 Å². The van der Waals surface area contributed by atoms with Crippen LogP contribution in [0.3, 0.4) is 0 Å². The Hall–Kier alpha value is -0.840. The number of aromatic nitrogens is 2. The average Bonchev–Trinajstić information content (AvgIpc) is 2.87. The van der Waals surface area contributed by atoms with E-state index in [0.717, 1.165) is 29.1 Å². The van der Waals surface area contributed by atoms with Crippen LogP contribution in [0.15, 0.2) is 10.8 Å². The van der Waals surface area contributed by atoms with Gasteiger partial charge in [-0.2, -0.15) is 16.4 Å². The Kier molecular flexibility index (Phi) is 4.10. The predicted molar refractivity (Wildman–Crippen MR) is 75.4 cm³/mol. The van der Waals surface area contributed by atoms with Crippen LogP contribution in [0.5, 0.6) is 0 Å². The Morgan fingerprint density at radius 3 is 2.72 bits per heavy atom. The molecule has 0 radical (unpaired) electrons. The van der Waals surface area contributed by atoms with E-state index in [4.69, 9.17) is 11.6 Å². The second kappa shape index (κ2) is 5.43. The van der Waals surface area contributed by atoms with Crippen LogP contribution in [-0.4, -0.2) is 14.9 Å². The van der Waals surface area contributed by atoms with E-state index in [1.807, 2.05) is 36.2 Å². The molecule has 0 spiro atoms. The standard InChI is InChI=1S/C13H17ClN2OS/c1-4-16-11(13(14)9(3)15-16)5-12(17)10-7-18-6-8(10)2/h6-7,12,17H,4-5H2,1-3H3. The van der Waals surface area contributed by atoms with Crippen molar-refractivity contribution < 1.29 is 5.11 Å². The van der Waals surface area contributed by atoms with Crippen molar-refractivity contribution >= 4 is 22.9 Å². The van der Waals surface area contributed by atoms with Crippen LogP contribution in [0.2, 0.25) is 5.02 Å². The quantitative estimate of drug-likeness (QED) is 0.933. The zero-order valence-corrected chi connectivity index (χ0v) is 12.3. The van der Waals surface area contributed by atoms with E-state index in [9.17, 15) is 5.11 Å². The van der Waals surface area contributed by atoms with Gasteiger partial charge in [-0.25, -0.2) is 0 Å². The molecule has 98 valence electrons. The molecule has 18 heavy (non-hydrogen) atoms. The molecule has 5 heteroatoms. The molecule has 3 nitrogen and oxygen atoms in total. The van der Waals surface area contributed by atoms with Crippen LogP contribution in [0, 0.1) is 13.8 Å². The van der Waals surface area contributed by atoms with Crippen molar-refractivity contribution in [3.05, 3.63) is 38.3 Å². The Bertz CT molecular complexity index is 547. The van der Waals surface area contributed by atoms with Gasteiger partial charge in [0.05, 0.1) is 22.5 Å². The monoisotopic (exact) mass is 284 g/mol. The molecule has 2 aromatic heterocycles. The van der Waals surface area contributed by atoms with Gasteiger partial charge in [0.25, 0.3) is 0 Å². The first kappa shape index (κ1) is 13.6. The maximum absolute atomic E-state index is 10.3. The van der Waals surface area contributed by atoms with Crippen LogP contribution >= 0.6 is 22.9 Å². The smallest absolute Gasteiger partial charge is 0.0856 e. The molecule has 0 aromatic carbocycles. The first-order valence-electron chi connectivity index (χ1n) is 5.97. The van der Waals surface area contributed by atoms with Gasteiger partial charge < -0.3 is 5.11 Å². The van der Waals surface area contributed by atoms with Gasteiger partial charge in [0.2, 0.25) is 0 Å². The lowest BCUT2D eigenvalue weighted by molar-refractivity contribution is 0.175. The number of rotatable bonds is 4. The van der Waals surface area contributed by atoms with Crippen molar-refractivity contribution in [1.29, 1.82) is 0 Å². The first-order chi connectivity index (χ1) is 8.54. The zero-order valence-electron chi connectivity index (χ0n) is 10.8. The number of hydrogen-bond acceptors (Lipinski definition) is 3. The fourth-order valence-electron chi connectivity index (χ4n) is 2.07. The molecular weight excluding hydrogens is 268 g/mol. The SMILES string of the molecule is CCn1nc(C)c(Cl)c1CC(O)c1cscc1C. The van der Waals surface area contributed by atoms with Gasteiger partial charge in [0.15, 0.2) is 0 Å². The molecule has 0 aliphatic heterocycles. The van der Waals surface area contributed by atoms with E-state index in [2.05, 4.69) is 5.10 Å². The summed E-state index contributed by atoms with van der Waals surface area (Å²) in [5.41, 5.74) is 3.85. The van der Waals surface area contributed by atoms with E-state index >= 15 is 0 Å². The van der Waals surface area contributed by atoms with Crippen LogP contribution in [0.1, 0.15) is 35.5 Å². The molecule has 0 amide bonds. The highest BCUT2D eigenvalue weighted by Gasteiger charge is 2.19. The number of aliphatic hydroxyl groups is 1. The summed E-state index contributed by atoms with van der Waals surface area (Å²) in [5, 5.41) is 19.4. The van der Waals surface area contributed by atoms with Crippen LogP contribution in [0.4, 0.5) is 0 Å². The van der Waals surface area contributed by atoms with Gasteiger partial charge in [-0.15, -0.1) is 0 Å². The minimum absolute atomic E-state index is 0.505. The largest absolute Gasteiger partial charge is 0.388 e. The zero-order chi connectivity index (χ0) is 13.3. The Morgan fingerprint density at radius 2 is 2.17 bits per heavy atom. The van der Waals surface area contributed by atoms with Crippen molar-refractivity contribution in [3.8, 4) is 0 Å². The fraction of sp³-hybridized carbons (Fsp3) is 0.462. The minimum atomic E-state index is -0.518. The summed E-state index contributed by atoms with van der Waals surface area (Å²) >= 11 is 7.86. The summed E-state index contributed by atoms with van der Waals surface area (Å²) in [6.45, 7) is 6.69. The third-order valence-electron chi connectivity index (χ3n) is 3.09. The Balaban J connectivity index is 2.27. The van der Waals surface area contributed by atoms with Crippen molar-refractivity contribution in [2.45, 2.75) is 39.8 Å². The summed E-state index contributed by atoms with van der Waals surface area (Å²) in [4.78, 5) is 0. The van der Waals surface area contributed by atoms with E-state index in [-0.39, 0.29) is 0 Å². The Morgan fingerprint density at radius 1 is 1.44 bits per heavy atom. The molecule has 0 aliphatic carbocycles. The van der Waals surface area contributed by atoms with Gasteiger partial charge >= 0.3 is 0 Å². The van der Waals surface area contributed by atoms with Gasteiger partial charge in [0.1, 0.15) is 0 Å². The number of nitrogens with zero attached hydrogens (tertiary/aromatic N) is 2. The van der Waals surface area contributed by atoms with Gasteiger partial charge in [-0.3, -0.25) is 4.68 Å². The van der Waals surface area contributed by atoms with Crippen LogP contribution < -0.4 is 0 Å². The number of halogens is 1. The number of aryl methyl sites for hydroxylation is 3. The van der Waals surface area contributed by atoms with Gasteiger partial charge in [-0.1, -0.05) is 11.6 Å². The van der Waals surface area contributed by atoms with Crippen molar-refractivity contribution in [2.75, 3.05) is 0 Å². The molecule has 2 aromatic rings. The number of thiophene rings is 1. The van der Waals surface area contributed by atoms with Gasteiger partial charge in [-0.05, 0) is 42.7 Å². The maximum Gasteiger partial charge on any atom is 0.0856 e. The topological polar surface area (TPSA) is 38.0 Å². The lowest BCUT2D eigenvalue weighted by Gasteiger charge is -2.12. The highest BCUT2D eigenvalue weighted by Crippen LogP contribution is 2.28. The molecule has 1 unspecified atom stereocenters. The summed E-state index contributed by atoms with van der Waals surface area (Å²) in [5.74, 6) is 0. The first-order valence-corrected chi connectivity index (χ1v) is 7.29. The molecule has 2 heterocycles. The van der Waals surface area contributed by atoms with Crippen molar-refractivity contribution in [2.24, 2.45) is 0 Å². The number of aliphatic hydroxyl groups excluding tert-OH is 1. The lowest BCUT2D eigenvalue weighted by Crippen LogP contribution is -2.09. The molecule has 0 saturated heterocycles. The minimum Gasteiger partial charge on any atom is -0.388 e. The van der Waals surface area contributed by atoms with E-state index in [0.29, 0.717) is 11.4 Å². The van der Waals surface area contributed by atoms with Crippen LogP contribution in [0.25, 0.3) is 0 Å². The highest BCUT2D eigenvalue weighted by molar-refractivity contribution is 7.08. The summed E-state index contributed by atoms with van der Waals surface area (Å²) in [6, 6.07) is 0. The average molecular weight is 285 g/mol. The molecule has 0 saturated carbocycles. The third kappa shape index (κ3) is 2.46. The van der Waals surface area contributed by atoms with Gasteiger partial charge in [0, 0.05) is 13.0 Å². The molecule has 0 bridgehead atoms. The highest BCUT2D eigenvalue weighted by atomic mass is 35.5. The second-order valence-electron chi connectivity index (χ2n) is 4.39. The molecule has 0 aliphatic rings. The normalized spacial score (nSPS) is 12.9. The summed E-state index contributed by atoms with van der Waals surface area (Å²) in [6.07, 6.45) is -0.0133. The summed E-state index contributed by atoms with van der Waals surface area (Å²) < 4.78 is 1.86. The molecule has 1 N–H and O–H groups in total. The fourth-order valence-corrected chi connectivity index (χ4v) is 3.18. The molecule has 2 rings (SSSR count). The van der Waals surface area contributed by atoms with E-state index < -0.39 is 6.10 Å². The van der Waals surface area contributed by atoms with Crippen molar-refractivity contribution in [3.63, 3.8) is 0 Å². The number of hydrogen-bond donors (Lipinski definition) is 1.